The van der Waals surface area contributed by atoms with Gasteiger partial charge in [-0.3, -0.25) is 0 Å². The lowest BCUT2D eigenvalue weighted by Gasteiger charge is -2.15. The van der Waals surface area contributed by atoms with Crippen molar-refractivity contribution in [1.82, 2.24) is 0 Å². The molecule has 0 bridgehead atoms. The molecule has 0 amide bonds. The van der Waals surface area contributed by atoms with Gasteiger partial charge in [-0.25, -0.2) is 13.2 Å². The Balaban J connectivity index is 2.49. The minimum atomic E-state index is -1.05. The van der Waals surface area contributed by atoms with E-state index in [0.29, 0.717) is 0 Å². The molecule has 2 aromatic rings. The Labute approximate surface area is 117 Å². The van der Waals surface area contributed by atoms with Crippen molar-refractivity contribution < 1.29 is 13.2 Å². The van der Waals surface area contributed by atoms with Gasteiger partial charge < -0.3 is 5.73 Å². The predicted molar refractivity (Wildman–Crippen MR) is 71.2 cm³/mol. The van der Waals surface area contributed by atoms with Crippen LogP contribution in [0.2, 0.25) is 0 Å². The predicted octanol–water partition coefficient (Wildman–Crippen LogP) is 4.22. The zero-order valence-corrected chi connectivity index (χ0v) is 11.6. The molecule has 1 unspecified atom stereocenters. The normalized spacial score (nSPS) is 12.5. The van der Waals surface area contributed by atoms with Crippen LogP contribution in [0.5, 0.6) is 0 Å². The van der Waals surface area contributed by atoms with Crippen LogP contribution in [0.1, 0.15) is 22.7 Å². The fourth-order valence-electron chi connectivity index (χ4n) is 1.83. The largest absolute Gasteiger partial charge is 0.320 e. The minimum absolute atomic E-state index is 0.00493. The number of hydrogen-bond acceptors (Lipinski definition) is 1. The summed E-state index contributed by atoms with van der Waals surface area (Å²) in [5, 5.41) is 0. The van der Waals surface area contributed by atoms with E-state index in [1.54, 1.807) is 13.0 Å². The SMILES string of the molecule is Cc1ccc(C(N)c2cc(F)c(Br)cc2F)c(F)c1. The molecule has 1 nitrogen and oxygen atoms in total. The smallest absolute Gasteiger partial charge is 0.137 e. The molecule has 2 rings (SSSR count). The quantitative estimate of drug-likeness (QED) is 0.820. The second-order valence-electron chi connectivity index (χ2n) is 4.29. The number of hydrogen-bond donors (Lipinski definition) is 1. The van der Waals surface area contributed by atoms with Crippen molar-refractivity contribution in [2.24, 2.45) is 5.73 Å². The molecule has 0 aliphatic rings. The van der Waals surface area contributed by atoms with Gasteiger partial charge in [-0.1, -0.05) is 12.1 Å². The zero-order valence-electron chi connectivity index (χ0n) is 10.1. The zero-order chi connectivity index (χ0) is 14.2. The molecular formula is C14H11BrF3N. The molecule has 2 N–H and O–H groups in total. The van der Waals surface area contributed by atoms with E-state index in [1.807, 2.05) is 0 Å². The first-order chi connectivity index (χ1) is 8.90. The highest BCUT2D eigenvalue weighted by atomic mass is 79.9. The molecule has 0 aliphatic carbocycles. The van der Waals surface area contributed by atoms with Crippen LogP contribution >= 0.6 is 15.9 Å². The summed E-state index contributed by atoms with van der Waals surface area (Å²) in [6, 6.07) is 5.37. The molecule has 0 aliphatic heterocycles. The maximum Gasteiger partial charge on any atom is 0.137 e. The highest BCUT2D eigenvalue weighted by Crippen LogP contribution is 2.28. The summed E-state index contributed by atoms with van der Waals surface area (Å²) in [5.41, 5.74) is 6.61. The van der Waals surface area contributed by atoms with Gasteiger partial charge in [0.05, 0.1) is 10.5 Å². The summed E-state index contributed by atoms with van der Waals surface area (Å²) in [4.78, 5) is 0. The number of benzene rings is 2. The first-order valence-corrected chi connectivity index (χ1v) is 6.35. The third-order valence-electron chi connectivity index (χ3n) is 2.87. The monoisotopic (exact) mass is 329 g/mol. The first kappa shape index (κ1) is 14.1. The van der Waals surface area contributed by atoms with E-state index < -0.39 is 23.5 Å². The highest BCUT2D eigenvalue weighted by Gasteiger charge is 2.19. The lowest BCUT2D eigenvalue weighted by Crippen LogP contribution is -2.16. The molecular weight excluding hydrogens is 319 g/mol. The van der Waals surface area contributed by atoms with Crippen LogP contribution in [0.15, 0.2) is 34.8 Å². The van der Waals surface area contributed by atoms with E-state index in [4.69, 9.17) is 5.73 Å². The van der Waals surface area contributed by atoms with Crippen LogP contribution in [0.25, 0.3) is 0 Å². The minimum Gasteiger partial charge on any atom is -0.320 e. The van der Waals surface area contributed by atoms with Crippen LogP contribution in [0, 0.1) is 24.4 Å². The van der Waals surface area contributed by atoms with Gasteiger partial charge in [-0.2, -0.15) is 0 Å². The fourth-order valence-corrected chi connectivity index (χ4v) is 2.14. The molecule has 0 aromatic heterocycles. The van der Waals surface area contributed by atoms with Crippen LogP contribution in [0.4, 0.5) is 13.2 Å². The summed E-state index contributed by atoms with van der Waals surface area (Å²) in [6.45, 7) is 1.73. The van der Waals surface area contributed by atoms with E-state index in [0.717, 1.165) is 17.7 Å². The maximum atomic E-state index is 13.8. The fraction of sp³-hybridized carbons (Fsp3) is 0.143. The molecule has 5 heteroatoms. The molecule has 0 spiro atoms. The van der Waals surface area contributed by atoms with Crippen molar-refractivity contribution in [2.45, 2.75) is 13.0 Å². The molecule has 1 atom stereocenters. The van der Waals surface area contributed by atoms with Crippen LogP contribution < -0.4 is 5.73 Å². The van der Waals surface area contributed by atoms with Gasteiger partial charge in [0.2, 0.25) is 0 Å². The van der Waals surface area contributed by atoms with Crippen molar-refractivity contribution in [2.75, 3.05) is 0 Å². The summed E-state index contributed by atoms with van der Waals surface area (Å²) < 4.78 is 41.0. The molecule has 0 saturated heterocycles. The maximum absolute atomic E-state index is 13.8. The Hall–Kier alpha value is -1.33. The average Bonchev–Trinajstić information content (AvgIpc) is 2.33. The second kappa shape index (κ2) is 5.35. The highest BCUT2D eigenvalue weighted by molar-refractivity contribution is 9.10. The van der Waals surface area contributed by atoms with Crippen LogP contribution in [-0.2, 0) is 0 Å². The van der Waals surface area contributed by atoms with Crippen molar-refractivity contribution >= 4 is 15.9 Å². The average molecular weight is 330 g/mol. The van der Waals surface area contributed by atoms with Gasteiger partial charge in [-0.05, 0) is 46.6 Å². The summed E-state index contributed by atoms with van der Waals surface area (Å²) in [5.74, 6) is -1.85. The van der Waals surface area contributed by atoms with Crippen molar-refractivity contribution in [3.63, 3.8) is 0 Å². The molecule has 19 heavy (non-hydrogen) atoms. The Morgan fingerprint density at radius 3 is 2.21 bits per heavy atom. The third kappa shape index (κ3) is 2.82. The molecule has 2 aromatic carbocycles. The number of halogens is 4. The van der Waals surface area contributed by atoms with Gasteiger partial charge in [0.15, 0.2) is 0 Å². The Bertz CT molecular complexity index is 628. The summed E-state index contributed by atoms with van der Waals surface area (Å²) >= 11 is 2.88. The molecule has 0 saturated carbocycles. The lowest BCUT2D eigenvalue weighted by atomic mass is 9.97. The number of nitrogens with two attached hydrogens (primary N) is 1. The van der Waals surface area contributed by atoms with Crippen molar-refractivity contribution in [1.29, 1.82) is 0 Å². The van der Waals surface area contributed by atoms with Crippen LogP contribution in [0.3, 0.4) is 0 Å². The van der Waals surface area contributed by atoms with Crippen LogP contribution in [-0.4, -0.2) is 0 Å². The van der Waals surface area contributed by atoms with Gasteiger partial charge >= 0.3 is 0 Å². The van der Waals surface area contributed by atoms with E-state index in [1.165, 1.54) is 12.1 Å². The molecule has 0 heterocycles. The van der Waals surface area contributed by atoms with Gasteiger partial charge in [-0.15, -0.1) is 0 Å². The van der Waals surface area contributed by atoms with Gasteiger partial charge in [0.25, 0.3) is 0 Å². The molecule has 100 valence electrons. The molecule has 0 fully saturated rings. The lowest BCUT2D eigenvalue weighted by molar-refractivity contribution is 0.559. The summed E-state index contributed by atoms with van der Waals surface area (Å²) in [6.07, 6.45) is 0. The van der Waals surface area contributed by atoms with E-state index >= 15 is 0 Å². The topological polar surface area (TPSA) is 26.0 Å². The Morgan fingerprint density at radius 2 is 1.58 bits per heavy atom. The van der Waals surface area contributed by atoms with Crippen molar-refractivity contribution in [3.05, 3.63) is 68.9 Å². The van der Waals surface area contributed by atoms with E-state index in [-0.39, 0.29) is 15.6 Å². The van der Waals surface area contributed by atoms with E-state index in [9.17, 15) is 13.2 Å². The molecule has 0 radical (unpaired) electrons. The first-order valence-electron chi connectivity index (χ1n) is 5.56. The van der Waals surface area contributed by atoms with Gasteiger partial charge in [0.1, 0.15) is 17.5 Å². The van der Waals surface area contributed by atoms with Crippen molar-refractivity contribution in [3.8, 4) is 0 Å². The Morgan fingerprint density at radius 1 is 0.947 bits per heavy atom. The second-order valence-corrected chi connectivity index (χ2v) is 5.14. The Kier molecular flexibility index (Phi) is 3.96. The summed E-state index contributed by atoms with van der Waals surface area (Å²) in [7, 11) is 0. The standard InChI is InChI=1S/C14H11BrF3N/c1-7-2-3-8(11(16)4-7)14(19)9-5-13(18)10(15)6-12(9)17/h2-6,14H,19H2,1H3. The third-order valence-corrected chi connectivity index (χ3v) is 3.47. The van der Waals surface area contributed by atoms with Gasteiger partial charge in [0, 0.05) is 11.1 Å². The number of rotatable bonds is 2. The number of aryl methyl sites for hydroxylation is 1. The van der Waals surface area contributed by atoms with E-state index in [2.05, 4.69) is 15.9 Å².